The lowest BCUT2D eigenvalue weighted by atomic mass is 10.5. The van der Waals surface area contributed by atoms with Gasteiger partial charge in [0.2, 0.25) is 0 Å². The fourth-order valence-corrected chi connectivity index (χ4v) is 1.98. The van der Waals surface area contributed by atoms with Crippen LogP contribution < -0.4 is 0 Å². The molecular weight excluding hydrogens is 318 g/mol. The van der Waals surface area contributed by atoms with E-state index >= 15 is 0 Å². The van der Waals surface area contributed by atoms with E-state index < -0.39 is 0 Å². The van der Waals surface area contributed by atoms with Gasteiger partial charge in [-0.15, -0.1) is 0 Å². The van der Waals surface area contributed by atoms with Crippen LogP contribution in [0.3, 0.4) is 0 Å². The summed E-state index contributed by atoms with van der Waals surface area (Å²) in [5.41, 5.74) is 0. The van der Waals surface area contributed by atoms with E-state index in [0.717, 1.165) is 10.2 Å². The van der Waals surface area contributed by atoms with E-state index in [1.54, 1.807) is 0 Å². The van der Waals surface area contributed by atoms with Gasteiger partial charge in [0.1, 0.15) is 0 Å². The van der Waals surface area contributed by atoms with Gasteiger partial charge < -0.3 is 4.74 Å². The standard InChI is InChI=1S/C4H4I2O/c5-3-1-2-4(6)7-3/h1,4H,2H2. The molecule has 0 aromatic rings. The summed E-state index contributed by atoms with van der Waals surface area (Å²) in [5.74, 6) is 0. The average molecular weight is 322 g/mol. The first-order valence-electron chi connectivity index (χ1n) is 1.95. The predicted molar refractivity (Wildman–Crippen MR) is 45.6 cm³/mol. The molecule has 0 amide bonds. The molecule has 1 aliphatic heterocycles. The van der Waals surface area contributed by atoms with Crippen molar-refractivity contribution in [2.45, 2.75) is 10.5 Å². The summed E-state index contributed by atoms with van der Waals surface area (Å²) in [4.78, 5) is 0. The Labute approximate surface area is 69.8 Å². The van der Waals surface area contributed by atoms with Gasteiger partial charge >= 0.3 is 0 Å². The van der Waals surface area contributed by atoms with Crippen LogP contribution in [0.2, 0.25) is 0 Å². The van der Waals surface area contributed by atoms with E-state index in [0.29, 0.717) is 4.11 Å². The number of rotatable bonds is 0. The molecule has 0 bridgehead atoms. The minimum Gasteiger partial charge on any atom is -0.474 e. The third kappa shape index (κ3) is 1.75. The molecule has 40 valence electrons. The van der Waals surface area contributed by atoms with Crippen molar-refractivity contribution in [3.8, 4) is 0 Å². The SMILES string of the molecule is IC1=CCC(I)O1. The topological polar surface area (TPSA) is 9.23 Å². The summed E-state index contributed by atoms with van der Waals surface area (Å²) in [6, 6.07) is 0. The molecule has 3 heteroatoms. The fourth-order valence-electron chi connectivity index (χ4n) is 0.404. The number of hydrogen-bond acceptors (Lipinski definition) is 1. The molecule has 0 N–H and O–H groups in total. The smallest absolute Gasteiger partial charge is 0.154 e. The Morgan fingerprint density at radius 2 is 2.57 bits per heavy atom. The first-order chi connectivity index (χ1) is 3.29. The average Bonchev–Trinajstić information content (AvgIpc) is 1.87. The lowest BCUT2D eigenvalue weighted by Crippen LogP contribution is -1.89. The summed E-state index contributed by atoms with van der Waals surface area (Å²) in [6.45, 7) is 0. The highest BCUT2D eigenvalue weighted by atomic mass is 127. The van der Waals surface area contributed by atoms with Crippen molar-refractivity contribution < 1.29 is 4.74 Å². The van der Waals surface area contributed by atoms with Crippen molar-refractivity contribution in [2.75, 3.05) is 0 Å². The second-order valence-electron chi connectivity index (χ2n) is 1.27. The molecule has 1 unspecified atom stereocenters. The van der Waals surface area contributed by atoms with Gasteiger partial charge in [-0.2, -0.15) is 0 Å². The third-order valence-corrected chi connectivity index (χ3v) is 2.16. The van der Waals surface area contributed by atoms with Crippen molar-refractivity contribution in [3.63, 3.8) is 0 Å². The molecular formula is C4H4I2O. The molecule has 1 aliphatic rings. The first kappa shape index (κ1) is 6.12. The highest BCUT2D eigenvalue weighted by Gasteiger charge is 2.10. The second-order valence-corrected chi connectivity index (χ2v) is 3.72. The van der Waals surface area contributed by atoms with Gasteiger partial charge in [0.05, 0.1) is 0 Å². The molecule has 0 saturated heterocycles. The van der Waals surface area contributed by atoms with Gasteiger partial charge in [0.15, 0.2) is 7.88 Å². The summed E-state index contributed by atoms with van der Waals surface area (Å²) >= 11 is 4.45. The van der Waals surface area contributed by atoms with Crippen LogP contribution in [-0.4, -0.2) is 4.11 Å². The van der Waals surface area contributed by atoms with Gasteiger partial charge in [-0.05, 0) is 51.3 Å². The van der Waals surface area contributed by atoms with Crippen LogP contribution in [0.5, 0.6) is 0 Å². The highest BCUT2D eigenvalue weighted by Crippen LogP contribution is 2.25. The molecule has 0 aromatic carbocycles. The van der Waals surface area contributed by atoms with Gasteiger partial charge in [0.25, 0.3) is 0 Å². The zero-order chi connectivity index (χ0) is 5.28. The Morgan fingerprint density at radius 3 is 2.71 bits per heavy atom. The third-order valence-electron chi connectivity index (χ3n) is 0.704. The summed E-state index contributed by atoms with van der Waals surface area (Å²) in [7, 11) is 0. The maximum Gasteiger partial charge on any atom is 0.154 e. The van der Waals surface area contributed by atoms with Crippen molar-refractivity contribution in [1.29, 1.82) is 0 Å². The first-order valence-corrected chi connectivity index (χ1v) is 4.28. The molecule has 7 heavy (non-hydrogen) atoms. The summed E-state index contributed by atoms with van der Waals surface area (Å²) < 4.78 is 6.63. The number of halogens is 2. The lowest BCUT2D eigenvalue weighted by molar-refractivity contribution is 0.259. The zero-order valence-electron chi connectivity index (χ0n) is 3.53. The van der Waals surface area contributed by atoms with E-state index in [-0.39, 0.29) is 0 Å². The molecule has 1 atom stereocenters. The van der Waals surface area contributed by atoms with Crippen molar-refractivity contribution >= 4 is 45.2 Å². The fraction of sp³-hybridized carbons (Fsp3) is 0.500. The Hall–Kier alpha value is 1.00. The molecule has 1 nitrogen and oxygen atoms in total. The number of alkyl halides is 1. The lowest BCUT2D eigenvalue weighted by Gasteiger charge is -1.98. The van der Waals surface area contributed by atoms with E-state index in [2.05, 4.69) is 51.3 Å². The minimum absolute atomic E-state index is 0.393. The van der Waals surface area contributed by atoms with Gasteiger partial charge in [-0.25, -0.2) is 0 Å². The molecule has 0 saturated carbocycles. The largest absolute Gasteiger partial charge is 0.474 e. The quantitative estimate of drug-likeness (QED) is 0.492. The summed E-state index contributed by atoms with van der Waals surface area (Å²) in [5, 5.41) is 0. The normalized spacial score (nSPS) is 29.4. The highest BCUT2D eigenvalue weighted by molar-refractivity contribution is 14.1. The Balaban J connectivity index is 2.42. The summed E-state index contributed by atoms with van der Waals surface area (Å²) in [6.07, 6.45) is 3.16. The van der Waals surface area contributed by atoms with E-state index in [1.807, 2.05) is 0 Å². The molecule has 0 aliphatic carbocycles. The molecule has 0 radical (unpaired) electrons. The second kappa shape index (κ2) is 2.52. The number of hydrogen-bond donors (Lipinski definition) is 0. The van der Waals surface area contributed by atoms with Crippen LogP contribution in [0.4, 0.5) is 0 Å². The van der Waals surface area contributed by atoms with Gasteiger partial charge in [-0.3, -0.25) is 0 Å². The van der Waals surface area contributed by atoms with Crippen LogP contribution in [-0.2, 0) is 4.74 Å². The molecule has 0 fully saturated rings. The molecule has 1 heterocycles. The van der Waals surface area contributed by atoms with Gasteiger partial charge in [0, 0.05) is 6.42 Å². The Bertz CT molecular complexity index is 99.9. The maximum atomic E-state index is 5.20. The van der Waals surface area contributed by atoms with Crippen LogP contribution in [0.15, 0.2) is 9.84 Å². The predicted octanol–water partition coefficient (Wildman–Crippen LogP) is 2.44. The Morgan fingerprint density at radius 1 is 1.86 bits per heavy atom. The van der Waals surface area contributed by atoms with Crippen molar-refractivity contribution in [2.24, 2.45) is 0 Å². The Kier molecular flexibility index (Phi) is 2.21. The van der Waals surface area contributed by atoms with E-state index in [4.69, 9.17) is 4.74 Å². The van der Waals surface area contributed by atoms with Gasteiger partial charge in [-0.1, -0.05) is 0 Å². The van der Waals surface area contributed by atoms with Crippen LogP contribution in [0.25, 0.3) is 0 Å². The van der Waals surface area contributed by atoms with Crippen molar-refractivity contribution in [1.82, 2.24) is 0 Å². The molecule has 1 rings (SSSR count). The van der Waals surface area contributed by atoms with Crippen LogP contribution in [0, 0.1) is 0 Å². The number of ether oxygens (including phenoxy) is 1. The monoisotopic (exact) mass is 322 g/mol. The molecule has 0 spiro atoms. The maximum absolute atomic E-state index is 5.20. The van der Waals surface area contributed by atoms with Crippen LogP contribution >= 0.6 is 45.2 Å². The molecule has 0 aromatic heterocycles. The van der Waals surface area contributed by atoms with Crippen molar-refractivity contribution in [3.05, 3.63) is 9.84 Å². The zero-order valence-corrected chi connectivity index (χ0v) is 7.84. The minimum atomic E-state index is 0.393. The van der Waals surface area contributed by atoms with E-state index in [1.165, 1.54) is 0 Å². The van der Waals surface area contributed by atoms with E-state index in [9.17, 15) is 0 Å². The van der Waals surface area contributed by atoms with Crippen LogP contribution in [0.1, 0.15) is 6.42 Å².